The van der Waals surface area contributed by atoms with Crippen LogP contribution in [0.5, 0.6) is 11.5 Å². The first-order valence-electron chi connectivity index (χ1n) is 13.3. The lowest BCUT2D eigenvalue weighted by molar-refractivity contribution is -0.175. The van der Waals surface area contributed by atoms with E-state index in [1.54, 1.807) is 19.1 Å². The maximum absolute atomic E-state index is 13.7. The van der Waals surface area contributed by atoms with Crippen LogP contribution < -0.4 is 14.8 Å². The van der Waals surface area contributed by atoms with Gasteiger partial charge in [0.05, 0.1) is 24.9 Å². The highest BCUT2D eigenvalue weighted by Gasteiger charge is 2.62. The number of carbonyl (C=O) groups excluding carboxylic acids is 1. The number of ether oxygens (including phenoxy) is 2. The van der Waals surface area contributed by atoms with Crippen molar-refractivity contribution in [2.45, 2.75) is 77.0 Å². The number of aryl methyl sites for hydroxylation is 1. The molecular formula is C29H38F2N2O6. The minimum atomic E-state index is -3.14. The van der Waals surface area contributed by atoms with Crippen LogP contribution in [-0.4, -0.2) is 58.3 Å². The van der Waals surface area contributed by atoms with Crippen LogP contribution in [0.4, 0.5) is 13.6 Å². The van der Waals surface area contributed by atoms with Gasteiger partial charge in [-0.15, -0.1) is 0 Å². The highest BCUT2D eigenvalue weighted by molar-refractivity contribution is 5.87. The third-order valence-electron chi connectivity index (χ3n) is 6.70. The van der Waals surface area contributed by atoms with E-state index >= 15 is 0 Å². The standard InChI is InChI=1S/C29H38F2N2O6/c1-4-38-23-15-22(16-24(39-5-2)25(23)20(3)34)17-33(14-10-9-13-21-11-7-6-8-12-21)27(37)32-28(26(35)36)18-29(30,31)19-28/h6-8,11-12,15-16,20,34H,4-5,9-10,13-14,17-19H2,1-3H3,(H,32,37)(H,35,36). The van der Waals surface area contributed by atoms with Crippen LogP contribution in [0.25, 0.3) is 0 Å². The van der Waals surface area contributed by atoms with Crippen LogP contribution in [0.1, 0.15) is 69.2 Å². The monoisotopic (exact) mass is 548 g/mol. The van der Waals surface area contributed by atoms with Crippen molar-refractivity contribution >= 4 is 12.0 Å². The zero-order valence-corrected chi connectivity index (χ0v) is 22.7. The number of nitrogens with zero attached hydrogens (tertiary/aromatic N) is 1. The Balaban J connectivity index is 1.84. The number of urea groups is 1. The molecule has 8 nitrogen and oxygen atoms in total. The van der Waals surface area contributed by atoms with E-state index in [2.05, 4.69) is 5.32 Å². The number of carboxylic acids is 1. The van der Waals surface area contributed by atoms with E-state index in [9.17, 15) is 28.6 Å². The van der Waals surface area contributed by atoms with Gasteiger partial charge in [0.1, 0.15) is 11.5 Å². The first-order valence-corrected chi connectivity index (χ1v) is 13.3. The topological polar surface area (TPSA) is 108 Å². The van der Waals surface area contributed by atoms with Crippen molar-refractivity contribution in [3.05, 3.63) is 59.2 Å². The number of nitrogens with one attached hydrogen (secondary N) is 1. The van der Waals surface area contributed by atoms with E-state index in [0.29, 0.717) is 42.3 Å². The van der Waals surface area contributed by atoms with Gasteiger partial charge >= 0.3 is 12.0 Å². The number of halogens is 2. The minimum absolute atomic E-state index is 0.0590. The first kappa shape index (κ1) is 30.1. The molecule has 1 atom stereocenters. The Bertz CT molecular complexity index is 1090. The molecule has 0 heterocycles. The molecule has 3 N–H and O–H groups in total. The SMILES string of the molecule is CCOc1cc(CN(CCCCc2ccccc2)C(=O)NC2(C(=O)O)CC(F)(F)C2)cc(OCC)c1C(C)O. The van der Waals surface area contributed by atoms with Gasteiger partial charge in [-0.25, -0.2) is 18.4 Å². The zero-order chi connectivity index (χ0) is 28.6. The Kier molecular flexibility index (Phi) is 10.1. The van der Waals surface area contributed by atoms with Crippen molar-refractivity contribution < 1.29 is 38.1 Å². The Hall–Kier alpha value is -3.40. The number of carbonyl (C=O) groups is 2. The van der Waals surface area contributed by atoms with Crippen LogP contribution in [0.2, 0.25) is 0 Å². The number of hydrogen-bond donors (Lipinski definition) is 3. The lowest BCUT2D eigenvalue weighted by atomic mass is 9.73. The molecule has 1 aliphatic carbocycles. The Labute approximate surface area is 227 Å². The largest absolute Gasteiger partial charge is 0.493 e. The van der Waals surface area contributed by atoms with Crippen LogP contribution in [0.15, 0.2) is 42.5 Å². The molecule has 0 aromatic heterocycles. The van der Waals surface area contributed by atoms with Crippen molar-refractivity contribution in [1.29, 1.82) is 0 Å². The Morgan fingerprint density at radius 3 is 2.10 bits per heavy atom. The number of aliphatic hydroxyl groups excluding tert-OH is 1. The minimum Gasteiger partial charge on any atom is -0.493 e. The highest BCUT2D eigenvalue weighted by Crippen LogP contribution is 2.46. The molecule has 2 aromatic rings. The molecule has 2 aromatic carbocycles. The summed E-state index contributed by atoms with van der Waals surface area (Å²) in [7, 11) is 0. The summed E-state index contributed by atoms with van der Waals surface area (Å²) in [5, 5.41) is 22.3. The van der Waals surface area contributed by atoms with Gasteiger partial charge in [0.2, 0.25) is 0 Å². The molecule has 0 bridgehead atoms. The smallest absolute Gasteiger partial charge is 0.329 e. The predicted molar refractivity (Wildman–Crippen MR) is 142 cm³/mol. The molecule has 1 fully saturated rings. The van der Waals surface area contributed by atoms with Crippen LogP contribution in [0, 0.1) is 0 Å². The summed E-state index contributed by atoms with van der Waals surface area (Å²) in [6.07, 6.45) is -0.584. The third-order valence-corrected chi connectivity index (χ3v) is 6.70. The lowest BCUT2D eigenvalue weighted by Crippen LogP contribution is -2.68. The molecule has 1 unspecified atom stereocenters. The summed E-state index contributed by atoms with van der Waals surface area (Å²) in [4.78, 5) is 26.6. The molecule has 2 amide bonds. The molecular weight excluding hydrogens is 510 g/mol. The van der Waals surface area contributed by atoms with Gasteiger partial charge in [0.15, 0.2) is 5.54 Å². The van der Waals surface area contributed by atoms with Crippen LogP contribution >= 0.6 is 0 Å². The number of aliphatic hydroxyl groups is 1. The second-order valence-corrected chi connectivity index (χ2v) is 9.94. The highest BCUT2D eigenvalue weighted by atomic mass is 19.3. The van der Waals surface area contributed by atoms with Gasteiger partial charge in [-0.05, 0) is 63.3 Å². The zero-order valence-electron chi connectivity index (χ0n) is 22.7. The van der Waals surface area contributed by atoms with E-state index in [1.807, 2.05) is 44.2 Å². The van der Waals surface area contributed by atoms with E-state index in [0.717, 1.165) is 18.4 Å². The average Bonchev–Trinajstić information content (AvgIpc) is 2.85. The van der Waals surface area contributed by atoms with Crippen molar-refractivity contribution in [1.82, 2.24) is 10.2 Å². The quantitative estimate of drug-likeness (QED) is 0.276. The summed E-state index contributed by atoms with van der Waals surface area (Å²) in [5.74, 6) is -3.79. The number of rotatable bonds is 14. The fourth-order valence-corrected chi connectivity index (χ4v) is 4.87. The molecule has 1 aliphatic rings. The number of alkyl halides is 2. The molecule has 10 heteroatoms. The lowest BCUT2D eigenvalue weighted by Gasteiger charge is -2.45. The van der Waals surface area contributed by atoms with Gasteiger partial charge in [-0.2, -0.15) is 0 Å². The summed E-state index contributed by atoms with van der Waals surface area (Å²) >= 11 is 0. The predicted octanol–water partition coefficient (Wildman–Crippen LogP) is 5.32. The second kappa shape index (κ2) is 13.1. The normalized spacial score (nSPS) is 16.1. The van der Waals surface area contributed by atoms with E-state index in [-0.39, 0.29) is 13.1 Å². The van der Waals surface area contributed by atoms with E-state index in [1.165, 1.54) is 4.90 Å². The molecule has 0 saturated heterocycles. The molecule has 3 rings (SSSR count). The van der Waals surface area contributed by atoms with Crippen molar-refractivity contribution in [2.24, 2.45) is 0 Å². The van der Waals surface area contributed by atoms with Gasteiger partial charge in [-0.1, -0.05) is 30.3 Å². The Morgan fingerprint density at radius 1 is 1.03 bits per heavy atom. The average molecular weight is 549 g/mol. The van der Waals surface area contributed by atoms with Gasteiger partial charge in [0, 0.05) is 25.9 Å². The number of unbranched alkanes of at least 4 members (excludes halogenated alkanes) is 1. The number of carboxylic acid groups (broad SMARTS) is 1. The van der Waals surface area contributed by atoms with Gasteiger partial charge < -0.3 is 29.9 Å². The van der Waals surface area contributed by atoms with Crippen LogP contribution in [-0.2, 0) is 17.8 Å². The maximum Gasteiger partial charge on any atom is 0.329 e. The maximum atomic E-state index is 13.7. The summed E-state index contributed by atoms with van der Waals surface area (Å²) in [6, 6.07) is 12.6. The molecule has 0 radical (unpaired) electrons. The summed E-state index contributed by atoms with van der Waals surface area (Å²) in [5.41, 5.74) is 0.272. The first-order chi connectivity index (χ1) is 18.5. The van der Waals surface area contributed by atoms with E-state index in [4.69, 9.17) is 9.47 Å². The summed E-state index contributed by atoms with van der Waals surface area (Å²) < 4.78 is 38.8. The number of benzene rings is 2. The number of aliphatic carboxylic acids is 1. The van der Waals surface area contributed by atoms with Gasteiger partial charge in [0.25, 0.3) is 5.92 Å². The molecule has 0 aliphatic heterocycles. The molecule has 39 heavy (non-hydrogen) atoms. The van der Waals surface area contributed by atoms with Crippen LogP contribution in [0.3, 0.4) is 0 Å². The fraction of sp³-hybridized carbons (Fsp3) is 0.517. The summed E-state index contributed by atoms with van der Waals surface area (Å²) in [6.45, 7) is 6.24. The number of hydrogen-bond acceptors (Lipinski definition) is 5. The Morgan fingerprint density at radius 2 is 1.62 bits per heavy atom. The van der Waals surface area contributed by atoms with Crippen molar-refractivity contribution in [2.75, 3.05) is 19.8 Å². The third kappa shape index (κ3) is 7.81. The van der Waals surface area contributed by atoms with Crippen molar-refractivity contribution in [3.63, 3.8) is 0 Å². The fourth-order valence-electron chi connectivity index (χ4n) is 4.87. The van der Waals surface area contributed by atoms with E-state index < -0.39 is 42.4 Å². The molecule has 214 valence electrons. The van der Waals surface area contributed by atoms with Crippen molar-refractivity contribution in [3.8, 4) is 11.5 Å². The molecule has 1 saturated carbocycles. The number of amides is 2. The van der Waals surface area contributed by atoms with Gasteiger partial charge in [-0.3, -0.25) is 0 Å². The molecule has 0 spiro atoms. The second-order valence-electron chi connectivity index (χ2n) is 9.94.